The summed E-state index contributed by atoms with van der Waals surface area (Å²) >= 11 is 0. The first-order chi connectivity index (χ1) is 11.7. The van der Waals surface area contributed by atoms with Gasteiger partial charge in [0.15, 0.2) is 0 Å². The summed E-state index contributed by atoms with van der Waals surface area (Å²) in [5.41, 5.74) is 1.13. The molecule has 1 unspecified atom stereocenters. The number of ether oxygens (including phenoxy) is 1. The fourth-order valence-corrected chi connectivity index (χ4v) is 4.47. The molecule has 1 aliphatic heterocycles. The summed E-state index contributed by atoms with van der Waals surface area (Å²) in [6, 6.07) is 13.3. The maximum atomic E-state index is 12.7. The molecular formula is C18H22N2O3S. The van der Waals surface area contributed by atoms with E-state index in [0.717, 1.165) is 18.4 Å². The van der Waals surface area contributed by atoms with Crippen molar-refractivity contribution in [2.75, 3.05) is 19.7 Å². The molecule has 0 N–H and O–H groups in total. The van der Waals surface area contributed by atoms with Gasteiger partial charge < -0.3 is 4.74 Å². The van der Waals surface area contributed by atoms with Gasteiger partial charge in [-0.25, -0.2) is 8.42 Å². The monoisotopic (exact) mass is 346 g/mol. The van der Waals surface area contributed by atoms with Crippen LogP contribution in [-0.2, 0) is 21.4 Å². The van der Waals surface area contributed by atoms with E-state index in [4.69, 9.17) is 4.74 Å². The van der Waals surface area contributed by atoms with Gasteiger partial charge in [-0.05, 0) is 36.5 Å². The minimum atomic E-state index is -3.46. The van der Waals surface area contributed by atoms with Crippen LogP contribution in [0.2, 0.25) is 0 Å². The normalized spacial score (nSPS) is 19.2. The van der Waals surface area contributed by atoms with Gasteiger partial charge in [0, 0.05) is 25.5 Å². The Morgan fingerprint density at radius 2 is 2.00 bits per heavy atom. The molecule has 0 aliphatic carbocycles. The molecule has 6 heteroatoms. The van der Waals surface area contributed by atoms with Crippen LogP contribution in [0.4, 0.5) is 0 Å². The topological polar surface area (TPSA) is 59.5 Å². The molecule has 1 saturated heterocycles. The van der Waals surface area contributed by atoms with E-state index in [0.29, 0.717) is 26.3 Å². The molecule has 1 fully saturated rings. The van der Waals surface area contributed by atoms with Gasteiger partial charge in [-0.3, -0.25) is 4.98 Å². The quantitative estimate of drug-likeness (QED) is 0.807. The van der Waals surface area contributed by atoms with E-state index >= 15 is 0 Å². The van der Waals surface area contributed by atoms with Crippen molar-refractivity contribution in [2.24, 2.45) is 5.92 Å². The van der Waals surface area contributed by atoms with Crippen LogP contribution in [0.25, 0.3) is 0 Å². The molecule has 0 spiro atoms. The van der Waals surface area contributed by atoms with Crippen LogP contribution in [0, 0.1) is 5.92 Å². The molecule has 3 rings (SSSR count). The SMILES string of the molecule is O=S(=O)(c1cccnc1)N1CCCC(COCc2ccccc2)C1. The van der Waals surface area contributed by atoms with Crippen molar-refractivity contribution in [3.63, 3.8) is 0 Å². The van der Waals surface area contributed by atoms with Crippen LogP contribution in [-0.4, -0.2) is 37.4 Å². The number of hydrogen-bond donors (Lipinski definition) is 0. The molecule has 2 heterocycles. The van der Waals surface area contributed by atoms with E-state index in [1.807, 2.05) is 30.3 Å². The minimum Gasteiger partial charge on any atom is -0.376 e. The number of aromatic nitrogens is 1. The molecule has 1 aliphatic rings. The summed E-state index contributed by atoms with van der Waals surface area (Å²) in [5, 5.41) is 0. The molecule has 5 nitrogen and oxygen atoms in total. The molecule has 2 aromatic rings. The second kappa shape index (κ2) is 7.88. The molecule has 1 atom stereocenters. The van der Waals surface area contributed by atoms with Crippen molar-refractivity contribution in [1.29, 1.82) is 0 Å². The highest BCUT2D eigenvalue weighted by molar-refractivity contribution is 7.89. The molecule has 24 heavy (non-hydrogen) atoms. The lowest BCUT2D eigenvalue weighted by atomic mass is 10.0. The van der Waals surface area contributed by atoms with Crippen LogP contribution >= 0.6 is 0 Å². The largest absolute Gasteiger partial charge is 0.376 e. The standard InChI is InChI=1S/C18H22N2O3S/c21-24(22,18-9-4-10-19-12-18)20-11-5-8-17(13-20)15-23-14-16-6-2-1-3-7-16/h1-4,6-7,9-10,12,17H,5,8,11,13-15H2. The first kappa shape index (κ1) is 17.1. The number of rotatable bonds is 6. The summed E-state index contributed by atoms with van der Waals surface area (Å²) in [4.78, 5) is 4.18. The summed E-state index contributed by atoms with van der Waals surface area (Å²) in [5.74, 6) is 0.230. The van der Waals surface area contributed by atoms with E-state index in [2.05, 4.69) is 4.98 Å². The van der Waals surface area contributed by atoms with Gasteiger partial charge in [0.1, 0.15) is 4.90 Å². The average Bonchev–Trinajstić information content (AvgIpc) is 2.64. The number of hydrogen-bond acceptors (Lipinski definition) is 4. The first-order valence-corrected chi connectivity index (χ1v) is 9.62. The molecule has 1 aromatic heterocycles. The lowest BCUT2D eigenvalue weighted by Crippen LogP contribution is -2.41. The van der Waals surface area contributed by atoms with Crippen LogP contribution in [0.3, 0.4) is 0 Å². The fourth-order valence-electron chi connectivity index (χ4n) is 2.95. The Hall–Kier alpha value is -1.76. The Morgan fingerprint density at radius 3 is 2.75 bits per heavy atom. The molecule has 0 amide bonds. The molecule has 0 bridgehead atoms. The zero-order valence-corrected chi connectivity index (χ0v) is 14.4. The number of benzene rings is 1. The van der Waals surface area contributed by atoms with Crippen molar-refractivity contribution in [3.05, 3.63) is 60.4 Å². The Balaban J connectivity index is 1.56. The van der Waals surface area contributed by atoms with E-state index in [1.165, 1.54) is 6.20 Å². The molecule has 1 aromatic carbocycles. The second-order valence-electron chi connectivity index (χ2n) is 6.06. The van der Waals surface area contributed by atoms with Gasteiger partial charge in [-0.1, -0.05) is 30.3 Å². The van der Waals surface area contributed by atoms with Crippen molar-refractivity contribution >= 4 is 10.0 Å². The predicted octanol–water partition coefficient (Wildman–Crippen LogP) is 2.70. The van der Waals surface area contributed by atoms with Crippen LogP contribution in [0.5, 0.6) is 0 Å². The van der Waals surface area contributed by atoms with E-state index in [-0.39, 0.29) is 10.8 Å². The van der Waals surface area contributed by atoms with Crippen molar-refractivity contribution in [1.82, 2.24) is 9.29 Å². The van der Waals surface area contributed by atoms with Crippen molar-refractivity contribution in [2.45, 2.75) is 24.3 Å². The molecule has 0 radical (unpaired) electrons. The Bertz CT molecular complexity index is 735. The summed E-state index contributed by atoms with van der Waals surface area (Å²) in [7, 11) is -3.46. The van der Waals surface area contributed by atoms with Gasteiger partial charge in [0.05, 0.1) is 13.2 Å². The molecular weight excluding hydrogens is 324 g/mol. The van der Waals surface area contributed by atoms with Gasteiger partial charge >= 0.3 is 0 Å². The van der Waals surface area contributed by atoms with Crippen LogP contribution in [0.1, 0.15) is 18.4 Å². The number of nitrogens with zero attached hydrogens (tertiary/aromatic N) is 2. The second-order valence-corrected chi connectivity index (χ2v) is 8.00. The third-order valence-corrected chi connectivity index (χ3v) is 6.07. The summed E-state index contributed by atoms with van der Waals surface area (Å²) in [6.45, 7) is 2.21. The number of sulfonamides is 1. The van der Waals surface area contributed by atoms with E-state index in [1.54, 1.807) is 22.6 Å². The van der Waals surface area contributed by atoms with Gasteiger partial charge in [-0.15, -0.1) is 0 Å². The maximum absolute atomic E-state index is 12.7. The lowest BCUT2D eigenvalue weighted by Gasteiger charge is -2.31. The highest BCUT2D eigenvalue weighted by Gasteiger charge is 2.30. The smallest absolute Gasteiger partial charge is 0.244 e. The average molecular weight is 346 g/mol. The van der Waals surface area contributed by atoms with Crippen molar-refractivity contribution < 1.29 is 13.2 Å². The predicted molar refractivity (Wildman–Crippen MR) is 91.8 cm³/mol. The highest BCUT2D eigenvalue weighted by Crippen LogP contribution is 2.23. The third-order valence-electron chi connectivity index (χ3n) is 4.22. The van der Waals surface area contributed by atoms with Gasteiger partial charge in [-0.2, -0.15) is 4.31 Å². The Kier molecular flexibility index (Phi) is 5.60. The van der Waals surface area contributed by atoms with Gasteiger partial charge in [0.25, 0.3) is 0 Å². The van der Waals surface area contributed by atoms with Crippen LogP contribution in [0.15, 0.2) is 59.8 Å². The van der Waals surface area contributed by atoms with Gasteiger partial charge in [0.2, 0.25) is 10.0 Å². The maximum Gasteiger partial charge on any atom is 0.244 e. The van der Waals surface area contributed by atoms with Crippen molar-refractivity contribution in [3.8, 4) is 0 Å². The Morgan fingerprint density at radius 1 is 1.17 bits per heavy atom. The third kappa shape index (κ3) is 4.20. The Labute approximate surface area is 143 Å². The summed E-state index contributed by atoms with van der Waals surface area (Å²) < 4.78 is 32.7. The van der Waals surface area contributed by atoms with E-state index < -0.39 is 10.0 Å². The number of pyridine rings is 1. The number of piperidine rings is 1. The molecule has 0 saturated carbocycles. The first-order valence-electron chi connectivity index (χ1n) is 8.18. The summed E-state index contributed by atoms with van der Waals surface area (Å²) in [6.07, 6.45) is 4.84. The minimum absolute atomic E-state index is 0.230. The zero-order valence-electron chi connectivity index (χ0n) is 13.5. The molecule has 128 valence electrons. The fraction of sp³-hybridized carbons (Fsp3) is 0.389. The zero-order chi connectivity index (χ0) is 16.8. The van der Waals surface area contributed by atoms with E-state index in [9.17, 15) is 8.42 Å². The highest BCUT2D eigenvalue weighted by atomic mass is 32.2. The van der Waals surface area contributed by atoms with Crippen LogP contribution < -0.4 is 0 Å². The lowest BCUT2D eigenvalue weighted by molar-refractivity contribution is 0.0672.